The Balaban J connectivity index is 2.80. The monoisotopic (exact) mass is 293 g/mol. The molecule has 116 valence electrons. The van der Waals surface area contributed by atoms with Gasteiger partial charge in [0, 0.05) is 27.1 Å². The smallest absolute Gasteiger partial charge is 0.330 e. The molecule has 2 heterocycles. The van der Waals surface area contributed by atoms with Crippen molar-refractivity contribution in [3.05, 3.63) is 26.7 Å². The van der Waals surface area contributed by atoms with E-state index in [0.717, 1.165) is 23.2 Å². The highest BCUT2D eigenvalue weighted by Crippen LogP contribution is 2.15. The summed E-state index contributed by atoms with van der Waals surface area (Å²) >= 11 is 0. The number of imidazole rings is 1. The average molecular weight is 293 g/mol. The lowest BCUT2D eigenvalue weighted by Crippen LogP contribution is -2.37. The molecule has 7 nitrogen and oxygen atoms in total. The van der Waals surface area contributed by atoms with Gasteiger partial charge in [0.1, 0.15) is 5.82 Å². The Morgan fingerprint density at radius 1 is 1.19 bits per heavy atom. The first kappa shape index (κ1) is 15.5. The van der Waals surface area contributed by atoms with Crippen LogP contribution >= 0.6 is 0 Å². The Bertz CT molecular complexity index is 766. The Kier molecular flexibility index (Phi) is 4.32. The number of fused-ring (bicyclic) bond motifs is 1. The summed E-state index contributed by atoms with van der Waals surface area (Å²) in [5.74, 6) is 1.26. The van der Waals surface area contributed by atoms with E-state index in [9.17, 15) is 9.59 Å². The van der Waals surface area contributed by atoms with Crippen LogP contribution in [-0.2, 0) is 27.1 Å². The van der Waals surface area contributed by atoms with Crippen molar-refractivity contribution in [2.45, 2.75) is 33.2 Å². The minimum Gasteiger partial charge on any atom is -0.330 e. The molecule has 2 rings (SSSR count). The van der Waals surface area contributed by atoms with Gasteiger partial charge in [0.15, 0.2) is 11.2 Å². The van der Waals surface area contributed by atoms with Crippen LogP contribution in [0.25, 0.3) is 11.2 Å². The SMILES string of the molecule is CC(C)Cc1nc2c(c(=O)n(C)c(=O)n2C)n1CCCN. The number of aryl methyl sites for hydroxylation is 2. The molecular weight excluding hydrogens is 270 g/mol. The summed E-state index contributed by atoms with van der Waals surface area (Å²) in [5.41, 5.74) is 5.88. The molecule has 0 aliphatic carbocycles. The number of nitrogens with two attached hydrogens (primary N) is 1. The summed E-state index contributed by atoms with van der Waals surface area (Å²) in [4.78, 5) is 29.0. The molecule has 2 aromatic heterocycles. The topological polar surface area (TPSA) is 87.8 Å². The number of nitrogens with zero attached hydrogens (tertiary/aromatic N) is 4. The maximum absolute atomic E-state index is 12.4. The van der Waals surface area contributed by atoms with E-state index in [2.05, 4.69) is 18.8 Å². The highest BCUT2D eigenvalue weighted by molar-refractivity contribution is 5.71. The molecule has 0 aliphatic rings. The van der Waals surface area contributed by atoms with E-state index in [1.54, 1.807) is 7.05 Å². The van der Waals surface area contributed by atoms with Crippen LogP contribution in [0, 0.1) is 5.92 Å². The van der Waals surface area contributed by atoms with Gasteiger partial charge in [0.05, 0.1) is 0 Å². The van der Waals surface area contributed by atoms with Crippen molar-refractivity contribution in [1.29, 1.82) is 0 Å². The second-order valence-electron chi connectivity index (χ2n) is 5.80. The largest absolute Gasteiger partial charge is 0.332 e. The van der Waals surface area contributed by atoms with E-state index in [0.29, 0.717) is 30.2 Å². The third-order valence-electron chi connectivity index (χ3n) is 3.60. The zero-order valence-corrected chi connectivity index (χ0v) is 13.1. The summed E-state index contributed by atoms with van der Waals surface area (Å²) in [6.07, 6.45) is 1.53. The van der Waals surface area contributed by atoms with Crippen LogP contribution in [0.15, 0.2) is 9.59 Å². The quantitative estimate of drug-likeness (QED) is 0.839. The van der Waals surface area contributed by atoms with E-state index in [-0.39, 0.29) is 11.2 Å². The molecule has 0 fully saturated rings. The summed E-state index contributed by atoms with van der Waals surface area (Å²) in [7, 11) is 3.13. The highest BCUT2D eigenvalue weighted by Gasteiger charge is 2.19. The fourth-order valence-electron chi connectivity index (χ4n) is 2.50. The molecule has 0 saturated carbocycles. The fraction of sp³-hybridized carbons (Fsp3) is 0.643. The second kappa shape index (κ2) is 5.85. The summed E-state index contributed by atoms with van der Waals surface area (Å²) < 4.78 is 4.48. The predicted molar refractivity (Wildman–Crippen MR) is 82.4 cm³/mol. The van der Waals surface area contributed by atoms with Crippen LogP contribution in [0.1, 0.15) is 26.1 Å². The zero-order chi connectivity index (χ0) is 15.7. The third kappa shape index (κ3) is 2.65. The predicted octanol–water partition coefficient (Wildman–Crippen LogP) is -0.0190. The van der Waals surface area contributed by atoms with Crippen molar-refractivity contribution >= 4 is 11.2 Å². The number of hydrogen-bond donors (Lipinski definition) is 1. The maximum Gasteiger partial charge on any atom is 0.332 e. The van der Waals surface area contributed by atoms with Crippen molar-refractivity contribution in [3.63, 3.8) is 0 Å². The van der Waals surface area contributed by atoms with Crippen LogP contribution in [0.4, 0.5) is 0 Å². The van der Waals surface area contributed by atoms with Gasteiger partial charge in [-0.05, 0) is 18.9 Å². The normalized spacial score (nSPS) is 11.7. The van der Waals surface area contributed by atoms with E-state index >= 15 is 0 Å². The van der Waals surface area contributed by atoms with Gasteiger partial charge >= 0.3 is 5.69 Å². The lowest BCUT2D eigenvalue weighted by atomic mass is 10.1. The van der Waals surface area contributed by atoms with Gasteiger partial charge in [-0.2, -0.15) is 0 Å². The molecule has 2 aromatic rings. The summed E-state index contributed by atoms with van der Waals surface area (Å²) in [5, 5.41) is 0. The molecule has 0 saturated heterocycles. The molecule has 21 heavy (non-hydrogen) atoms. The van der Waals surface area contributed by atoms with E-state index in [1.807, 2.05) is 4.57 Å². The molecule has 7 heteroatoms. The number of hydrogen-bond acceptors (Lipinski definition) is 4. The molecule has 0 atom stereocenters. The van der Waals surface area contributed by atoms with Gasteiger partial charge in [-0.1, -0.05) is 13.8 Å². The van der Waals surface area contributed by atoms with E-state index < -0.39 is 0 Å². The Hall–Kier alpha value is -1.89. The Morgan fingerprint density at radius 2 is 1.86 bits per heavy atom. The first-order chi connectivity index (χ1) is 9.88. The van der Waals surface area contributed by atoms with Gasteiger partial charge in [-0.25, -0.2) is 9.78 Å². The van der Waals surface area contributed by atoms with Crippen molar-refractivity contribution in [3.8, 4) is 0 Å². The minimum atomic E-state index is -0.355. The number of rotatable bonds is 5. The highest BCUT2D eigenvalue weighted by atomic mass is 16.2. The maximum atomic E-state index is 12.4. The van der Waals surface area contributed by atoms with Crippen molar-refractivity contribution in [2.75, 3.05) is 6.54 Å². The minimum absolute atomic E-state index is 0.298. The summed E-state index contributed by atoms with van der Waals surface area (Å²) in [6, 6.07) is 0. The molecule has 0 aromatic carbocycles. The van der Waals surface area contributed by atoms with E-state index in [1.165, 1.54) is 11.6 Å². The molecule has 0 unspecified atom stereocenters. The average Bonchev–Trinajstić information content (AvgIpc) is 2.78. The molecule has 0 radical (unpaired) electrons. The van der Waals surface area contributed by atoms with Crippen LogP contribution in [0.3, 0.4) is 0 Å². The molecule has 0 spiro atoms. The Morgan fingerprint density at radius 3 is 2.43 bits per heavy atom. The molecule has 0 amide bonds. The van der Waals surface area contributed by atoms with Crippen molar-refractivity contribution < 1.29 is 0 Å². The van der Waals surface area contributed by atoms with E-state index in [4.69, 9.17) is 5.73 Å². The molecule has 2 N–H and O–H groups in total. The fourth-order valence-corrected chi connectivity index (χ4v) is 2.50. The van der Waals surface area contributed by atoms with Crippen LogP contribution in [-0.4, -0.2) is 25.2 Å². The second-order valence-corrected chi connectivity index (χ2v) is 5.80. The molecule has 0 bridgehead atoms. The van der Waals surface area contributed by atoms with Gasteiger partial charge < -0.3 is 10.3 Å². The zero-order valence-electron chi connectivity index (χ0n) is 13.1. The van der Waals surface area contributed by atoms with Crippen molar-refractivity contribution in [1.82, 2.24) is 18.7 Å². The lowest BCUT2D eigenvalue weighted by molar-refractivity contribution is 0.566. The lowest BCUT2D eigenvalue weighted by Gasteiger charge is -2.10. The third-order valence-corrected chi connectivity index (χ3v) is 3.60. The van der Waals surface area contributed by atoms with Gasteiger partial charge in [0.25, 0.3) is 5.56 Å². The first-order valence-electron chi connectivity index (χ1n) is 7.23. The molecule has 0 aliphatic heterocycles. The standard InChI is InChI=1S/C14H23N5O2/c1-9(2)8-10-16-12-11(19(10)7-5-6-15)13(20)18(4)14(21)17(12)3/h9H,5-8,15H2,1-4H3. The van der Waals surface area contributed by atoms with Gasteiger partial charge in [-0.3, -0.25) is 13.9 Å². The van der Waals surface area contributed by atoms with Gasteiger partial charge in [0.2, 0.25) is 0 Å². The first-order valence-corrected chi connectivity index (χ1v) is 7.23. The molecular formula is C14H23N5O2. The van der Waals surface area contributed by atoms with Crippen LogP contribution in [0.2, 0.25) is 0 Å². The van der Waals surface area contributed by atoms with Crippen LogP contribution < -0.4 is 17.0 Å². The Labute approximate surface area is 123 Å². The summed E-state index contributed by atoms with van der Waals surface area (Å²) in [6.45, 7) is 5.39. The van der Waals surface area contributed by atoms with Crippen molar-refractivity contribution in [2.24, 2.45) is 25.7 Å². The number of aromatic nitrogens is 4. The van der Waals surface area contributed by atoms with Crippen LogP contribution in [0.5, 0.6) is 0 Å². The van der Waals surface area contributed by atoms with Gasteiger partial charge in [-0.15, -0.1) is 0 Å².